The van der Waals surface area contributed by atoms with Crippen molar-refractivity contribution in [2.24, 2.45) is 11.7 Å². The van der Waals surface area contributed by atoms with Gasteiger partial charge in [-0.25, -0.2) is 14.6 Å². The molecule has 29 heavy (non-hydrogen) atoms. The Balaban J connectivity index is 0.000000370. The van der Waals surface area contributed by atoms with Crippen LogP contribution in [0.2, 0.25) is 0 Å². The fourth-order valence-corrected chi connectivity index (χ4v) is 3.22. The Labute approximate surface area is 163 Å². The summed E-state index contributed by atoms with van der Waals surface area (Å²) in [5.74, 6) is -4.03. The number of amides is 2. The predicted octanol–water partition coefficient (Wildman–Crippen LogP) is 1.01. The molecular weight excluding hydrogens is 401 g/mol. The van der Waals surface area contributed by atoms with Gasteiger partial charge in [0.25, 0.3) is 0 Å². The van der Waals surface area contributed by atoms with Crippen LogP contribution in [0, 0.1) is 5.92 Å². The van der Waals surface area contributed by atoms with Gasteiger partial charge in [-0.1, -0.05) is 0 Å². The lowest BCUT2D eigenvalue weighted by Gasteiger charge is -2.31. The van der Waals surface area contributed by atoms with Crippen LogP contribution in [0.4, 0.5) is 18.0 Å². The van der Waals surface area contributed by atoms with Gasteiger partial charge in [-0.05, 0) is 18.8 Å². The number of rotatable bonds is 3. The summed E-state index contributed by atoms with van der Waals surface area (Å²) in [6.45, 7) is 2.61. The zero-order valence-electron chi connectivity index (χ0n) is 15.3. The van der Waals surface area contributed by atoms with E-state index in [1.54, 1.807) is 6.33 Å². The highest BCUT2D eigenvalue weighted by Crippen LogP contribution is 2.29. The van der Waals surface area contributed by atoms with Gasteiger partial charge in [-0.3, -0.25) is 4.79 Å². The number of aliphatic carboxylic acids is 2. The number of imidazole rings is 1. The van der Waals surface area contributed by atoms with Crippen LogP contribution < -0.4 is 5.73 Å². The van der Waals surface area contributed by atoms with Gasteiger partial charge in [0.05, 0.1) is 24.3 Å². The molecule has 0 spiro atoms. The van der Waals surface area contributed by atoms with Crippen molar-refractivity contribution in [2.45, 2.75) is 38.0 Å². The highest BCUT2D eigenvalue weighted by Gasteiger charge is 2.38. The fraction of sp³-hybridized carbons (Fsp3) is 0.625. The quantitative estimate of drug-likeness (QED) is 0.658. The molecule has 1 aromatic heterocycles. The van der Waals surface area contributed by atoms with E-state index >= 15 is 0 Å². The molecule has 2 aliphatic rings. The van der Waals surface area contributed by atoms with E-state index in [0.717, 1.165) is 32.6 Å². The molecule has 10 nitrogen and oxygen atoms in total. The number of hydrogen-bond donors (Lipinski definition) is 3. The first-order valence-electron chi connectivity index (χ1n) is 8.69. The molecule has 1 aromatic rings. The summed E-state index contributed by atoms with van der Waals surface area (Å²) >= 11 is 0. The number of carboxylic acid groups (broad SMARTS) is 2. The lowest BCUT2D eigenvalue weighted by molar-refractivity contribution is -0.192. The number of ether oxygens (including phenoxy) is 1. The van der Waals surface area contributed by atoms with Crippen molar-refractivity contribution in [2.75, 3.05) is 19.8 Å². The van der Waals surface area contributed by atoms with E-state index in [0.29, 0.717) is 17.3 Å². The fourth-order valence-electron chi connectivity index (χ4n) is 3.22. The lowest BCUT2D eigenvalue weighted by atomic mass is 9.96. The third kappa shape index (κ3) is 5.82. The van der Waals surface area contributed by atoms with Gasteiger partial charge in [0, 0.05) is 26.3 Å². The number of hydrogen-bond acceptors (Lipinski definition) is 5. The Kier molecular flexibility index (Phi) is 7.06. The second kappa shape index (κ2) is 9.11. The molecule has 2 amide bonds. The van der Waals surface area contributed by atoms with Crippen molar-refractivity contribution < 1.29 is 42.5 Å². The molecule has 2 aliphatic heterocycles. The molecule has 3 heterocycles. The van der Waals surface area contributed by atoms with Gasteiger partial charge in [0.1, 0.15) is 5.92 Å². The zero-order chi connectivity index (χ0) is 21.8. The third-order valence-electron chi connectivity index (χ3n) is 4.68. The van der Waals surface area contributed by atoms with E-state index in [1.165, 1.54) is 4.90 Å². The minimum Gasteiger partial charge on any atom is -0.481 e. The molecule has 4 N–H and O–H groups in total. The Morgan fingerprint density at radius 1 is 1.24 bits per heavy atom. The van der Waals surface area contributed by atoms with Crippen molar-refractivity contribution in [3.05, 3.63) is 17.7 Å². The van der Waals surface area contributed by atoms with Gasteiger partial charge >= 0.3 is 24.1 Å². The first kappa shape index (κ1) is 22.5. The molecule has 0 aromatic carbocycles. The SMILES string of the molecule is NC(=O)N1Cc2ncn(CC3CCOCC3)c2C(C(=O)O)C1.O=C(O)C(F)(F)F. The molecule has 3 rings (SSSR count). The molecule has 0 bridgehead atoms. The summed E-state index contributed by atoms with van der Waals surface area (Å²) in [5.41, 5.74) is 6.62. The second-order valence-corrected chi connectivity index (χ2v) is 6.70. The van der Waals surface area contributed by atoms with E-state index in [1.807, 2.05) is 4.57 Å². The monoisotopic (exact) mass is 422 g/mol. The molecule has 0 radical (unpaired) electrons. The molecule has 1 unspecified atom stereocenters. The first-order chi connectivity index (χ1) is 13.5. The number of alkyl halides is 3. The van der Waals surface area contributed by atoms with Crippen molar-refractivity contribution in [1.82, 2.24) is 14.5 Å². The maximum Gasteiger partial charge on any atom is 0.490 e. The molecular formula is C16H21F3N4O6. The zero-order valence-corrected chi connectivity index (χ0v) is 15.3. The number of carbonyl (C=O) groups excluding carboxylic acids is 1. The van der Waals surface area contributed by atoms with Crippen molar-refractivity contribution in [3.63, 3.8) is 0 Å². The first-order valence-corrected chi connectivity index (χ1v) is 8.69. The number of carboxylic acids is 2. The molecule has 0 aliphatic carbocycles. The molecule has 1 saturated heterocycles. The van der Waals surface area contributed by atoms with Crippen LogP contribution in [0.5, 0.6) is 0 Å². The van der Waals surface area contributed by atoms with E-state index in [-0.39, 0.29) is 13.1 Å². The van der Waals surface area contributed by atoms with Crippen LogP contribution in [0.1, 0.15) is 30.1 Å². The number of fused-ring (bicyclic) bond motifs is 1. The van der Waals surface area contributed by atoms with Gasteiger partial charge in [0.2, 0.25) is 0 Å². The average Bonchev–Trinajstić information content (AvgIpc) is 3.04. The van der Waals surface area contributed by atoms with Crippen molar-refractivity contribution >= 4 is 18.0 Å². The Bertz CT molecular complexity index is 760. The van der Waals surface area contributed by atoms with Crippen LogP contribution in [0.15, 0.2) is 6.33 Å². The van der Waals surface area contributed by atoms with Crippen LogP contribution in [-0.4, -0.2) is 68.6 Å². The van der Waals surface area contributed by atoms with Gasteiger partial charge in [-0.15, -0.1) is 0 Å². The average molecular weight is 422 g/mol. The highest BCUT2D eigenvalue weighted by atomic mass is 19.4. The standard InChI is InChI=1S/C14H20N4O4.C2HF3O2/c15-14(21)17-6-10(13(19)20)12-11(7-17)16-8-18(12)5-9-1-3-22-4-2-9;3-2(4,5)1(6)7/h8-10H,1-7H2,(H2,15,21)(H,19,20);(H,6,7). The summed E-state index contributed by atoms with van der Waals surface area (Å²) in [4.78, 5) is 37.5. The lowest BCUT2D eigenvalue weighted by Crippen LogP contribution is -2.44. The summed E-state index contributed by atoms with van der Waals surface area (Å²) in [6, 6.07) is -0.615. The maximum atomic E-state index is 11.6. The van der Waals surface area contributed by atoms with Gasteiger partial charge in [-0.2, -0.15) is 13.2 Å². The number of aromatic nitrogens is 2. The molecule has 13 heteroatoms. The number of carbonyl (C=O) groups is 3. The van der Waals surface area contributed by atoms with E-state index in [4.69, 9.17) is 20.4 Å². The molecule has 162 valence electrons. The van der Waals surface area contributed by atoms with Crippen LogP contribution in [0.25, 0.3) is 0 Å². The molecule has 1 fully saturated rings. The maximum absolute atomic E-state index is 11.6. The Morgan fingerprint density at radius 2 is 1.83 bits per heavy atom. The van der Waals surface area contributed by atoms with Crippen LogP contribution >= 0.6 is 0 Å². The number of nitrogens with two attached hydrogens (primary N) is 1. The number of halogens is 3. The number of nitrogens with zero attached hydrogens (tertiary/aromatic N) is 3. The number of urea groups is 1. The largest absolute Gasteiger partial charge is 0.490 e. The topological polar surface area (TPSA) is 148 Å². The minimum absolute atomic E-state index is 0.0944. The second-order valence-electron chi connectivity index (χ2n) is 6.70. The Hall–Kier alpha value is -2.83. The van der Waals surface area contributed by atoms with Crippen molar-refractivity contribution in [1.29, 1.82) is 0 Å². The van der Waals surface area contributed by atoms with E-state index in [9.17, 15) is 27.9 Å². The summed E-state index contributed by atoms with van der Waals surface area (Å²) in [5, 5.41) is 16.6. The molecule has 1 atom stereocenters. The van der Waals surface area contributed by atoms with Gasteiger partial charge in [0.15, 0.2) is 0 Å². The van der Waals surface area contributed by atoms with E-state index in [2.05, 4.69) is 4.98 Å². The van der Waals surface area contributed by atoms with Gasteiger partial charge < -0.3 is 30.2 Å². The van der Waals surface area contributed by atoms with Crippen molar-refractivity contribution in [3.8, 4) is 0 Å². The minimum atomic E-state index is -5.08. The summed E-state index contributed by atoms with van der Waals surface area (Å²) in [6.07, 6.45) is -1.46. The Morgan fingerprint density at radius 3 is 2.31 bits per heavy atom. The molecule has 0 saturated carbocycles. The smallest absolute Gasteiger partial charge is 0.481 e. The number of primary amides is 1. The normalized spacial score (nSPS) is 19.7. The third-order valence-corrected chi connectivity index (χ3v) is 4.68. The van der Waals surface area contributed by atoms with Crippen LogP contribution in [0.3, 0.4) is 0 Å². The predicted molar refractivity (Wildman–Crippen MR) is 89.8 cm³/mol. The summed E-state index contributed by atoms with van der Waals surface area (Å²) < 4.78 is 39.0. The summed E-state index contributed by atoms with van der Waals surface area (Å²) in [7, 11) is 0. The highest BCUT2D eigenvalue weighted by molar-refractivity contribution is 5.79. The van der Waals surface area contributed by atoms with E-state index < -0.39 is 30.1 Å². The van der Waals surface area contributed by atoms with Crippen LogP contribution in [-0.2, 0) is 27.4 Å².